The molecule has 0 saturated carbocycles. The largest absolute Gasteiger partial charge is 0.480 e. The summed E-state index contributed by atoms with van der Waals surface area (Å²) in [6.45, 7) is -0.133. The molecule has 2 aromatic carbocycles. The zero-order valence-corrected chi connectivity index (χ0v) is 11.7. The first-order chi connectivity index (χ1) is 9.56. The van der Waals surface area contributed by atoms with E-state index in [-0.39, 0.29) is 6.54 Å². The fourth-order valence-electron chi connectivity index (χ4n) is 1.78. The topological polar surface area (TPSA) is 49.8 Å². The van der Waals surface area contributed by atoms with Gasteiger partial charge in [-0.3, -0.25) is 4.79 Å². The minimum absolute atomic E-state index is 0.133. The number of carbonyl (C=O) groups is 1. The van der Waals surface area contributed by atoms with Gasteiger partial charge < -0.3 is 14.7 Å². The molecule has 0 unspecified atom stereocenters. The Morgan fingerprint density at radius 3 is 2.60 bits per heavy atom. The number of para-hydroxylation sites is 1. The Balaban J connectivity index is 2.30. The second-order valence-electron chi connectivity index (χ2n) is 4.28. The van der Waals surface area contributed by atoms with Gasteiger partial charge in [0.1, 0.15) is 12.3 Å². The highest BCUT2D eigenvalue weighted by atomic mass is 35.5. The van der Waals surface area contributed by atoms with Crippen molar-refractivity contribution in [3.8, 4) is 11.5 Å². The van der Waals surface area contributed by atoms with Crippen LogP contribution in [-0.2, 0) is 4.79 Å². The molecule has 20 heavy (non-hydrogen) atoms. The molecule has 0 aromatic heterocycles. The zero-order valence-electron chi connectivity index (χ0n) is 10.9. The fourth-order valence-corrected chi connectivity index (χ4v) is 1.95. The third kappa shape index (κ3) is 3.65. The Morgan fingerprint density at radius 1 is 1.25 bits per heavy atom. The summed E-state index contributed by atoms with van der Waals surface area (Å²) in [4.78, 5) is 12.4. The van der Waals surface area contributed by atoms with E-state index in [0.717, 1.165) is 0 Å². The molecule has 0 aliphatic carbocycles. The van der Waals surface area contributed by atoms with Crippen molar-refractivity contribution < 1.29 is 14.6 Å². The smallest absolute Gasteiger partial charge is 0.323 e. The molecule has 0 fully saturated rings. The van der Waals surface area contributed by atoms with Gasteiger partial charge in [0.25, 0.3) is 0 Å². The molecule has 4 nitrogen and oxygen atoms in total. The predicted molar refractivity (Wildman–Crippen MR) is 78.9 cm³/mol. The molecule has 0 amide bonds. The van der Waals surface area contributed by atoms with E-state index in [1.165, 1.54) is 0 Å². The average molecular weight is 292 g/mol. The number of aliphatic carboxylic acids is 1. The second-order valence-corrected chi connectivity index (χ2v) is 4.71. The van der Waals surface area contributed by atoms with Gasteiger partial charge in [-0.25, -0.2) is 0 Å². The van der Waals surface area contributed by atoms with Crippen LogP contribution in [0.2, 0.25) is 5.02 Å². The van der Waals surface area contributed by atoms with Crippen molar-refractivity contribution in [3.05, 3.63) is 53.6 Å². The number of ether oxygens (including phenoxy) is 1. The van der Waals surface area contributed by atoms with E-state index in [4.69, 9.17) is 21.4 Å². The molecule has 0 atom stereocenters. The van der Waals surface area contributed by atoms with Crippen LogP contribution in [0.25, 0.3) is 0 Å². The Labute approximate surface area is 122 Å². The zero-order chi connectivity index (χ0) is 14.5. The van der Waals surface area contributed by atoms with Gasteiger partial charge in [-0.1, -0.05) is 29.8 Å². The molecule has 2 aromatic rings. The van der Waals surface area contributed by atoms with Crippen LogP contribution in [0.1, 0.15) is 0 Å². The molecular weight excluding hydrogens is 278 g/mol. The van der Waals surface area contributed by atoms with Gasteiger partial charge in [-0.05, 0) is 30.3 Å². The maximum atomic E-state index is 10.8. The van der Waals surface area contributed by atoms with Crippen molar-refractivity contribution in [2.75, 3.05) is 18.5 Å². The molecule has 0 heterocycles. The molecule has 104 valence electrons. The van der Waals surface area contributed by atoms with E-state index >= 15 is 0 Å². The van der Waals surface area contributed by atoms with E-state index in [1.54, 1.807) is 30.1 Å². The molecule has 0 aliphatic heterocycles. The van der Waals surface area contributed by atoms with Gasteiger partial charge in [-0.2, -0.15) is 0 Å². The third-order valence-corrected chi connectivity index (χ3v) is 2.91. The fraction of sp³-hybridized carbons (Fsp3) is 0.133. The monoisotopic (exact) mass is 291 g/mol. The van der Waals surface area contributed by atoms with Crippen LogP contribution in [-0.4, -0.2) is 24.7 Å². The summed E-state index contributed by atoms with van der Waals surface area (Å²) in [5.74, 6) is 0.322. The number of carboxylic acids is 1. The molecule has 2 rings (SSSR count). The summed E-state index contributed by atoms with van der Waals surface area (Å²) in [5, 5.41) is 9.41. The van der Waals surface area contributed by atoms with Crippen LogP contribution in [0.3, 0.4) is 0 Å². The molecule has 5 heteroatoms. The Kier molecular flexibility index (Phi) is 4.48. The quantitative estimate of drug-likeness (QED) is 0.913. The van der Waals surface area contributed by atoms with Crippen molar-refractivity contribution in [2.24, 2.45) is 0 Å². The maximum absolute atomic E-state index is 10.8. The van der Waals surface area contributed by atoms with Crippen molar-refractivity contribution in [1.82, 2.24) is 0 Å². The van der Waals surface area contributed by atoms with Crippen LogP contribution in [0, 0.1) is 0 Å². The van der Waals surface area contributed by atoms with Crippen molar-refractivity contribution >= 4 is 23.3 Å². The lowest BCUT2D eigenvalue weighted by Gasteiger charge is -2.20. The molecule has 0 saturated heterocycles. The number of carboxylic acid groups (broad SMARTS) is 1. The lowest BCUT2D eigenvalue weighted by Crippen LogP contribution is -2.25. The van der Waals surface area contributed by atoms with E-state index in [0.29, 0.717) is 22.2 Å². The Hall–Kier alpha value is -2.20. The Bertz CT molecular complexity index is 601. The normalized spacial score (nSPS) is 10.1. The summed E-state index contributed by atoms with van der Waals surface area (Å²) in [6, 6.07) is 14.4. The van der Waals surface area contributed by atoms with E-state index in [2.05, 4.69) is 0 Å². The van der Waals surface area contributed by atoms with Crippen LogP contribution < -0.4 is 9.64 Å². The number of hydrogen-bond donors (Lipinski definition) is 1. The highest BCUT2D eigenvalue weighted by Gasteiger charge is 2.13. The van der Waals surface area contributed by atoms with Gasteiger partial charge >= 0.3 is 5.97 Å². The summed E-state index contributed by atoms with van der Waals surface area (Å²) in [6.07, 6.45) is 0. The standard InChI is InChI=1S/C15H14ClNO3/c1-17(10-15(18)19)13-9-11(16)7-8-14(13)20-12-5-3-2-4-6-12/h2-9H,10H2,1H3,(H,18,19). The van der Waals surface area contributed by atoms with Crippen LogP contribution in [0.5, 0.6) is 11.5 Å². The molecule has 0 radical (unpaired) electrons. The van der Waals surface area contributed by atoms with Crippen LogP contribution >= 0.6 is 11.6 Å². The van der Waals surface area contributed by atoms with Gasteiger partial charge in [0, 0.05) is 12.1 Å². The first kappa shape index (κ1) is 14.2. The van der Waals surface area contributed by atoms with Gasteiger partial charge in [-0.15, -0.1) is 0 Å². The van der Waals surface area contributed by atoms with Gasteiger partial charge in [0.15, 0.2) is 5.75 Å². The highest BCUT2D eigenvalue weighted by Crippen LogP contribution is 2.34. The number of rotatable bonds is 5. The summed E-state index contributed by atoms with van der Waals surface area (Å²) in [5.41, 5.74) is 0.628. The minimum Gasteiger partial charge on any atom is -0.480 e. The third-order valence-electron chi connectivity index (χ3n) is 2.68. The Morgan fingerprint density at radius 2 is 1.95 bits per heavy atom. The molecule has 0 spiro atoms. The first-order valence-corrected chi connectivity index (χ1v) is 6.39. The number of likely N-dealkylation sites (N-methyl/N-ethyl adjacent to an activating group) is 1. The van der Waals surface area contributed by atoms with Crippen molar-refractivity contribution in [3.63, 3.8) is 0 Å². The first-order valence-electron chi connectivity index (χ1n) is 6.01. The van der Waals surface area contributed by atoms with Gasteiger partial charge in [0.2, 0.25) is 0 Å². The van der Waals surface area contributed by atoms with Crippen LogP contribution in [0.4, 0.5) is 5.69 Å². The lowest BCUT2D eigenvalue weighted by molar-refractivity contribution is -0.135. The molecule has 1 N–H and O–H groups in total. The number of anilines is 1. The summed E-state index contributed by atoms with van der Waals surface area (Å²) < 4.78 is 5.77. The van der Waals surface area contributed by atoms with E-state index < -0.39 is 5.97 Å². The minimum atomic E-state index is -0.918. The number of halogens is 1. The van der Waals surface area contributed by atoms with Crippen LogP contribution in [0.15, 0.2) is 48.5 Å². The summed E-state index contributed by atoms with van der Waals surface area (Å²) in [7, 11) is 1.68. The second kappa shape index (κ2) is 6.30. The predicted octanol–water partition coefficient (Wildman–Crippen LogP) is 3.65. The number of nitrogens with zero attached hydrogens (tertiary/aromatic N) is 1. The van der Waals surface area contributed by atoms with Crippen molar-refractivity contribution in [1.29, 1.82) is 0 Å². The van der Waals surface area contributed by atoms with E-state index in [1.807, 2.05) is 30.3 Å². The van der Waals surface area contributed by atoms with Crippen molar-refractivity contribution in [2.45, 2.75) is 0 Å². The molecule has 0 aliphatic rings. The molecular formula is C15H14ClNO3. The SMILES string of the molecule is CN(CC(=O)O)c1cc(Cl)ccc1Oc1ccccc1. The van der Waals surface area contributed by atoms with E-state index in [9.17, 15) is 4.79 Å². The molecule has 0 bridgehead atoms. The highest BCUT2D eigenvalue weighted by molar-refractivity contribution is 6.31. The average Bonchev–Trinajstić information content (AvgIpc) is 2.41. The van der Waals surface area contributed by atoms with Gasteiger partial charge in [0.05, 0.1) is 5.69 Å². The lowest BCUT2D eigenvalue weighted by atomic mass is 10.2. The number of hydrogen-bond acceptors (Lipinski definition) is 3. The number of benzene rings is 2. The summed E-state index contributed by atoms with van der Waals surface area (Å²) >= 11 is 5.97. The maximum Gasteiger partial charge on any atom is 0.323 e.